The zero-order valence-electron chi connectivity index (χ0n) is 9.88. The predicted octanol–water partition coefficient (Wildman–Crippen LogP) is 1.37. The summed E-state index contributed by atoms with van der Waals surface area (Å²) in [5.74, 6) is -1.76. The highest BCUT2D eigenvalue weighted by molar-refractivity contribution is 6.31. The number of hydrogen-bond donors (Lipinski definition) is 3. The molecule has 0 aliphatic carbocycles. The van der Waals surface area contributed by atoms with Crippen LogP contribution in [0.2, 0.25) is 5.02 Å². The van der Waals surface area contributed by atoms with E-state index in [-0.39, 0.29) is 22.0 Å². The molecule has 2 rings (SSSR count). The van der Waals surface area contributed by atoms with Crippen LogP contribution in [0.3, 0.4) is 0 Å². The molecule has 0 aliphatic rings. The number of halogens is 1. The molecule has 1 aromatic carbocycles. The number of rotatable bonds is 3. The molecule has 8 heteroatoms. The van der Waals surface area contributed by atoms with Gasteiger partial charge in [-0.05, 0) is 18.2 Å². The van der Waals surface area contributed by atoms with E-state index in [0.29, 0.717) is 0 Å². The summed E-state index contributed by atoms with van der Waals surface area (Å²) < 4.78 is 0. The summed E-state index contributed by atoms with van der Waals surface area (Å²) in [6.45, 7) is 0. The van der Waals surface area contributed by atoms with Crippen molar-refractivity contribution in [3.63, 3.8) is 0 Å². The number of amides is 1. The predicted molar refractivity (Wildman–Crippen MR) is 71.2 cm³/mol. The number of aromatic nitrogens is 2. The number of carboxylic acids is 1. The Morgan fingerprint density at radius 2 is 2.05 bits per heavy atom. The quantitative estimate of drug-likeness (QED) is 0.791. The van der Waals surface area contributed by atoms with Crippen LogP contribution >= 0.6 is 11.6 Å². The van der Waals surface area contributed by atoms with E-state index < -0.39 is 17.4 Å². The lowest BCUT2D eigenvalue weighted by Crippen LogP contribution is -2.17. The Bertz CT molecular complexity index is 721. The van der Waals surface area contributed by atoms with Gasteiger partial charge in [-0.15, -0.1) is 0 Å². The van der Waals surface area contributed by atoms with Gasteiger partial charge in [0.25, 0.3) is 11.5 Å². The molecule has 1 heterocycles. The van der Waals surface area contributed by atoms with Gasteiger partial charge in [0.15, 0.2) is 0 Å². The van der Waals surface area contributed by atoms with E-state index in [1.807, 2.05) is 0 Å². The number of benzene rings is 1. The first-order chi connectivity index (χ1) is 9.45. The maximum Gasteiger partial charge on any atom is 0.335 e. The SMILES string of the molecule is O=C(O)c1cc(Cl)cc(NC(=O)c2c[nH]c(=O)cn2)c1. The van der Waals surface area contributed by atoms with Gasteiger partial charge in [-0.25, -0.2) is 9.78 Å². The van der Waals surface area contributed by atoms with Crippen LogP contribution in [-0.2, 0) is 0 Å². The van der Waals surface area contributed by atoms with Gasteiger partial charge in [-0.1, -0.05) is 11.6 Å². The number of aromatic amines is 1. The molecule has 1 amide bonds. The number of anilines is 1. The molecule has 1 aromatic heterocycles. The Kier molecular flexibility index (Phi) is 3.81. The van der Waals surface area contributed by atoms with Gasteiger partial charge in [-0.2, -0.15) is 0 Å². The van der Waals surface area contributed by atoms with Crippen molar-refractivity contribution in [1.82, 2.24) is 9.97 Å². The third-order valence-electron chi connectivity index (χ3n) is 2.31. The van der Waals surface area contributed by atoms with E-state index in [1.54, 1.807) is 0 Å². The van der Waals surface area contributed by atoms with Crippen molar-refractivity contribution in [3.8, 4) is 0 Å². The smallest absolute Gasteiger partial charge is 0.335 e. The highest BCUT2D eigenvalue weighted by Crippen LogP contribution is 2.19. The zero-order chi connectivity index (χ0) is 14.7. The van der Waals surface area contributed by atoms with Crippen LogP contribution in [0.5, 0.6) is 0 Å². The molecule has 0 radical (unpaired) electrons. The second-order valence-corrected chi connectivity index (χ2v) is 4.22. The van der Waals surface area contributed by atoms with E-state index in [4.69, 9.17) is 16.7 Å². The molecule has 3 N–H and O–H groups in total. The topological polar surface area (TPSA) is 112 Å². The van der Waals surface area contributed by atoms with Crippen LogP contribution in [0.4, 0.5) is 5.69 Å². The van der Waals surface area contributed by atoms with Crippen LogP contribution in [0, 0.1) is 0 Å². The normalized spacial score (nSPS) is 10.1. The van der Waals surface area contributed by atoms with Crippen LogP contribution in [-0.4, -0.2) is 27.0 Å². The lowest BCUT2D eigenvalue weighted by molar-refractivity contribution is 0.0696. The van der Waals surface area contributed by atoms with Gasteiger partial charge in [0.05, 0.1) is 11.8 Å². The number of H-pyrrole nitrogens is 1. The van der Waals surface area contributed by atoms with Crippen molar-refractivity contribution in [2.24, 2.45) is 0 Å². The first-order valence-corrected chi connectivity index (χ1v) is 5.73. The summed E-state index contributed by atoms with van der Waals surface area (Å²) in [6.07, 6.45) is 2.12. The molecule has 2 aromatic rings. The Hall–Kier alpha value is -2.67. The Labute approximate surface area is 117 Å². The Morgan fingerprint density at radius 3 is 2.65 bits per heavy atom. The molecular weight excluding hydrogens is 286 g/mol. The van der Waals surface area contributed by atoms with Gasteiger partial charge < -0.3 is 15.4 Å². The second kappa shape index (κ2) is 5.54. The third-order valence-corrected chi connectivity index (χ3v) is 2.53. The minimum atomic E-state index is -1.16. The van der Waals surface area contributed by atoms with E-state index in [2.05, 4.69) is 15.3 Å². The first kappa shape index (κ1) is 13.8. The molecule has 102 valence electrons. The minimum Gasteiger partial charge on any atom is -0.478 e. The van der Waals surface area contributed by atoms with E-state index in [9.17, 15) is 14.4 Å². The van der Waals surface area contributed by atoms with Gasteiger partial charge in [-0.3, -0.25) is 9.59 Å². The van der Waals surface area contributed by atoms with Gasteiger partial charge >= 0.3 is 5.97 Å². The second-order valence-electron chi connectivity index (χ2n) is 3.78. The summed E-state index contributed by atoms with van der Waals surface area (Å²) in [5, 5.41) is 11.5. The van der Waals surface area contributed by atoms with Crippen molar-refractivity contribution in [3.05, 3.63) is 57.2 Å². The fraction of sp³-hybridized carbons (Fsp3) is 0. The van der Waals surface area contributed by atoms with Gasteiger partial charge in [0.2, 0.25) is 0 Å². The molecule has 0 aliphatic heterocycles. The molecule has 0 saturated heterocycles. The van der Waals surface area contributed by atoms with Crippen LogP contribution in [0.25, 0.3) is 0 Å². The molecule has 7 nitrogen and oxygen atoms in total. The number of nitrogens with one attached hydrogen (secondary N) is 2. The Morgan fingerprint density at radius 1 is 1.30 bits per heavy atom. The van der Waals surface area contributed by atoms with Crippen LogP contribution in [0.15, 0.2) is 35.4 Å². The maximum atomic E-state index is 11.8. The van der Waals surface area contributed by atoms with E-state index >= 15 is 0 Å². The number of nitrogens with zero attached hydrogens (tertiary/aromatic N) is 1. The number of hydrogen-bond acceptors (Lipinski definition) is 4. The number of carboxylic acid groups (broad SMARTS) is 1. The fourth-order valence-corrected chi connectivity index (χ4v) is 1.68. The van der Waals surface area contributed by atoms with Crippen molar-refractivity contribution >= 4 is 29.2 Å². The molecule has 0 spiro atoms. The summed E-state index contributed by atoms with van der Waals surface area (Å²) in [7, 11) is 0. The first-order valence-electron chi connectivity index (χ1n) is 5.35. The van der Waals surface area contributed by atoms with Crippen molar-refractivity contribution in [1.29, 1.82) is 0 Å². The van der Waals surface area contributed by atoms with Crippen molar-refractivity contribution in [2.75, 3.05) is 5.32 Å². The summed E-state index contributed by atoms with van der Waals surface area (Å²) in [5.41, 5.74) is -0.283. The summed E-state index contributed by atoms with van der Waals surface area (Å²) in [4.78, 5) is 39.5. The average molecular weight is 294 g/mol. The highest BCUT2D eigenvalue weighted by Gasteiger charge is 2.11. The number of carbonyl (C=O) groups excluding carboxylic acids is 1. The number of aromatic carboxylic acids is 1. The van der Waals surface area contributed by atoms with Gasteiger partial charge in [0.1, 0.15) is 5.69 Å². The van der Waals surface area contributed by atoms with E-state index in [1.165, 1.54) is 18.2 Å². The molecule has 0 bridgehead atoms. The Balaban J connectivity index is 2.25. The van der Waals surface area contributed by atoms with Crippen LogP contribution < -0.4 is 10.9 Å². The number of carbonyl (C=O) groups is 2. The highest BCUT2D eigenvalue weighted by atomic mass is 35.5. The molecule has 0 unspecified atom stereocenters. The molecule has 0 fully saturated rings. The van der Waals surface area contributed by atoms with E-state index in [0.717, 1.165) is 12.4 Å². The maximum absolute atomic E-state index is 11.8. The van der Waals surface area contributed by atoms with Crippen molar-refractivity contribution in [2.45, 2.75) is 0 Å². The molecule has 0 saturated carbocycles. The average Bonchev–Trinajstić information content (AvgIpc) is 2.38. The monoisotopic (exact) mass is 293 g/mol. The van der Waals surface area contributed by atoms with Crippen molar-refractivity contribution < 1.29 is 14.7 Å². The standard InChI is InChI=1S/C12H8ClN3O4/c13-7-1-6(12(19)20)2-8(3-7)16-11(18)9-4-15-10(17)5-14-9/h1-5H,(H,15,17)(H,16,18)(H,19,20). The summed E-state index contributed by atoms with van der Waals surface area (Å²) >= 11 is 5.77. The van der Waals surface area contributed by atoms with Gasteiger partial charge in [0, 0.05) is 16.9 Å². The lowest BCUT2D eigenvalue weighted by atomic mass is 10.2. The molecule has 20 heavy (non-hydrogen) atoms. The van der Waals surface area contributed by atoms with Crippen LogP contribution in [0.1, 0.15) is 20.8 Å². The zero-order valence-corrected chi connectivity index (χ0v) is 10.6. The molecular formula is C12H8ClN3O4. The molecule has 0 atom stereocenters. The summed E-state index contributed by atoms with van der Waals surface area (Å²) in [6, 6.07) is 3.92. The third kappa shape index (κ3) is 3.21. The minimum absolute atomic E-state index is 0.0125. The lowest BCUT2D eigenvalue weighted by Gasteiger charge is -2.06. The fourth-order valence-electron chi connectivity index (χ4n) is 1.45. The largest absolute Gasteiger partial charge is 0.478 e.